The number of piperazine rings is 1. The normalized spacial score (nSPS) is 21.7. The van der Waals surface area contributed by atoms with E-state index in [1.807, 2.05) is 4.90 Å². The van der Waals surface area contributed by atoms with Crippen molar-refractivity contribution >= 4 is 11.8 Å². The van der Waals surface area contributed by atoms with E-state index in [9.17, 15) is 9.59 Å². The summed E-state index contributed by atoms with van der Waals surface area (Å²) in [4.78, 5) is 28.7. The van der Waals surface area contributed by atoms with Gasteiger partial charge in [-0.05, 0) is 37.0 Å². The van der Waals surface area contributed by atoms with Gasteiger partial charge in [-0.25, -0.2) is 0 Å². The standard InChI is InChI=1S/C19H22N2O4/c22-18(11-14-3-1-2-4-14)20-7-9-21(10-8-20)19(23)15-5-6-16-17(12-15)25-13-24-16/h1,3,5-6,12,14H,2,4,7-11,13H2/t14-/m1/s1. The van der Waals surface area contributed by atoms with E-state index in [4.69, 9.17) is 9.47 Å². The lowest BCUT2D eigenvalue weighted by Crippen LogP contribution is -2.50. The van der Waals surface area contributed by atoms with Gasteiger partial charge in [0, 0.05) is 38.2 Å². The number of hydrogen-bond acceptors (Lipinski definition) is 4. The van der Waals surface area contributed by atoms with E-state index in [1.165, 1.54) is 0 Å². The van der Waals surface area contributed by atoms with Gasteiger partial charge in [-0.3, -0.25) is 9.59 Å². The van der Waals surface area contributed by atoms with E-state index in [0.29, 0.717) is 55.6 Å². The van der Waals surface area contributed by atoms with Gasteiger partial charge in [0.1, 0.15) is 0 Å². The molecule has 0 aromatic heterocycles. The van der Waals surface area contributed by atoms with Crippen molar-refractivity contribution < 1.29 is 19.1 Å². The minimum Gasteiger partial charge on any atom is -0.454 e. The van der Waals surface area contributed by atoms with Crippen molar-refractivity contribution in [2.75, 3.05) is 33.0 Å². The van der Waals surface area contributed by atoms with E-state index in [1.54, 1.807) is 23.1 Å². The molecular weight excluding hydrogens is 320 g/mol. The summed E-state index contributed by atoms with van der Waals surface area (Å²) in [5, 5.41) is 0. The molecule has 6 heteroatoms. The molecular formula is C19H22N2O4. The summed E-state index contributed by atoms with van der Waals surface area (Å²) in [6, 6.07) is 5.26. The maximum Gasteiger partial charge on any atom is 0.254 e. The Hall–Kier alpha value is -2.50. The Labute approximate surface area is 147 Å². The molecule has 3 aliphatic rings. The number of hydrogen-bond donors (Lipinski definition) is 0. The molecule has 1 aromatic rings. The van der Waals surface area contributed by atoms with Gasteiger partial charge >= 0.3 is 0 Å². The fraction of sp³-hybridized carbons (Fsp3) is 0.474. The second-order valence-corrected chi connectivity index (χ2v) is 6.71. The smallest absolute Gasteiger partial charge is 0.254 e. The predicted molar refractivity (Wildman–Crippen MR) is 91.5 cm³/mol. The number of carbonyl (C=O) groups is 2. The molecule has 0 spiro atoms. The Morgan fingerprint density at radius 1 is 1.04 bits per heavy atom. The molecule has 0 saturated carbocycles. The van der Waals surface area contributed by atoms with Crippen LogP contribution in [0.5, 0.6) is 11.5 Å². The molecule has 2 aliphatic heterocycles. The zero-order valence-electron chi connectivity index (χ0n) is 14.1. The fourth-order valence-electron chi connectivity index (χ4n) is 3.59. The summed E-state index contributed by atoms with van der Waals surface area (Å²) in [6.07, 6.45) is 7.05. The Morgan fingerprint density at radius 2 is 1.80 bits per heavy atom. The van der Waals surface area contributed by atoms with Crippen molar-refractivity contribution in [3.8, 4) is 11.5 Å². The second kappa shape index (κ2) is 6.78. The van der Waals surface area contributed by atoms with Gasteiger partial charge in [-0.1, -0.05) is 12.2 Å². The Balaban J connectivity index is 1.32. The van der Waals surface area contributed by atoms with E-state index in [2.05, 4.69) is 12.2 Å². The summed E-state index contributed by atoms with van der Waals surface area (Å²) in [7, 11) is 0. The summed E-state index contributed by atoms with van der Waals surface area (Å²) < 4.78 is 10.6. The van der Waals surface area contributed by atoms with Crippen LogP contribution in [-0.4, -0.2) is 54.6 Å². The fourth-order valence-corrected chi connectivity index (χ4v) is 3.59. The SMILES string of the molecule is O=C(C[C@@H]1C=CCC1)N1CCN(C(=O)c2ccc3c(c2)OCO3)CC1. The Morgan fingerprint density at radius 3 is 2.56 bits per heavy atom. The molecule has 0 radical (unpaired) electrons. The van der Waals surface area contributed by atoms with Crippen LogP contribution >= 0.6 is 0 Å². The maximum atomic E-state index is 12.7. The van der Waals surface area contributed by atoms with Crippen molar-refractivity contribution in [1.29, 1.82) is 0 Å². The molecule has 0 N–H and O–H groups in total. The van der Waals surface area contributed by atoms with Gasteiger partial charge in [0.25, 0.3) is 5.91 Å². The van der Waals surface area contributed by atoms with Crippen LogP contribution in [0, 0.1) is 5.92 Å². The minimum atomic E-state index is -0.0240. The van der Waals surface area contributed by atoms with Gasteiger partial charge in [0.05, 0.1) is 0 Å². The largest absolute Gasteiger partial charge is 0.454 e. The number of rotatable bonds is 3. The summed E-state index contributed by atoms with van der Waals surface area (Å²) in [6.45, 7) is 2.54. The monoisotopic (exact) mass is 342 g/mol. The molecule has 0 bridgehead atoms. The summed E-state index contributed by atoms with van der Waals surface area (Å²) >= 11 is 0. The molecule has 1 aromatic carbocycles. The van der Waals surface area contributed by atoms with E-state index in [-0.39, 0.29) is 18.6 Å². The first-order chi connectivity index (χ1) is 12.2. The third kappa shape index (κ3) is 3.34. The molecule has 1 saturated heterocycles. The molecule has 6 nitrogen and oxygen atoms in total. The average molecular weight is 342 g/mol. The van der Waals surface area contributed by atoms with Crippen LogP contribution in [0.1, 0.15) is 29.6 Å². The van der Waals surface area contributed by atoms with Gasteiger partial charge in [-0.2, -0.15) is 0 Å². The Kier molecular flexibility index (Phi) is 4.34. The number of ether oxygens (including phenoxy) is 2. The second-order valence-electron chi connectivity index (χ2n) is 6.71. The van der Waals surface area contributed by atoms with Crippen LogP contribution in [0.2, 0.25) is 0 Å². The summed E-state index contributed by atoms with van der Waals surface area (Å²) in [5.74, 6) is 1.86. The molecule has 132 valence electrons. The quantitative estimate of drug-likeness (QED) is 0.789. The van der Waals surface area contributed by atoms with E-state index >= 15 is 0 Å². The molecule has 1 aliphatic carbocycles. The number of allylic oxidation sites excluding steroid dienone is 2. The molecule has 25 heavy (non-hydrogen) atoms. The number of carbonyl (C=O) groups excluding carboxylic acids is 2. The highest BCUT2D eigenvalue weighted by molar-refractivity contribution is 5.95. The number of amides is 2. The highest BCUT2D eigenvalue weighted by Crippen LogP contribution is 2.33. The van der Waals surface area contributed by atoms with Crippen LogP contribution < -0.4 is 9.47 Å². The van der Waals surface area contributed by atoms with Crippen LogP contribution in [-0.2, 0) is 4.79 Å². The first kappa shape index (κ1) is 16.0. The minimum absolute atomic E-state index is 0.0240. The number of benzene rings is 1. The van der Waals surface area contributed by atoms with Gasteiger partial charge in [0.2, 0.25) is 12.7 Å². The first-order valence-corrected chi connectivity index (χ1v) is 8.84. The molecule has 0 unspecified atom stereocenters. The van der Waals surface area contributed by atoms with Crippen molar-refractivity contribution in [3.05, 3.63) is 35.9 Å². The van der Waals surface area contributed by atoms with Crippen LogP contribution in [0.3, 0.4) is 0 Å². The van der Waals surface area contributed by atoms with Crippen molar-refractivity contribution in [3.63, 3.8) is 0 Å². The third-order valence-corrected chi connectivity index (χ3v) is 5.09. The first-order valence-electron chi connectivity index (χ1n) is 8.84. The van der Waals surface area contributed by atoms with E-state index < -0.39 is 0 Å². The molecule has 1 fully saturated rings. The topological polar surface area (TPSA) is 59.1 Å². The van der Waals surface area contributed by atoms with Gasteiger partial charge in [0.15, 0.2) is 11.5 Å². The van der Waals surface area contributed by atoms with Crippen LogP contribution in [0.4, 0.5) is 0 Å². The summed E-state index contributed by atoms with van der Waals surface area (Å²) in [5.41, 5.74) is 0.597. The van der Waals surface area contributed by atoms with Crippen LogP contribution in [0.25, 0.3) is 0 Å². The molecule has 4 rings (SSSR count). The lowest BCUT2D eigenvalue weighted by atomic mass is 10.0. The highest BCUT2D eigenvalue weighted by atomic mass is 16.7. The van der Waals surface area contributed by atoms with Crippen molar-refractivity contribution in [2.24, 2.45) is 5.92 Å². The van der Waals surface area contributed by atoms with Gasteiger partial charge < -0.3 is 19.3 Å². The third-order valence-electron chi connectivity index (χ3n) is 5.09. The van der Waals surface area contributed by atoms with Crippen molar-refractivity contribution in [2.45, 2.75) is 19.3 Å². The molecule has 2 heterocycles. The van der Waals surface area contributed by atoms with Crippen molar-refractivity contribution in [1.82, 2.24) is 9.80 Å². The van der Waals surface area contributed by atoms with E-state index in [0.717, 1.165) is 12.8 Å². The number of nitrogens with zero attached hydrogens (tertiary/aromatic N) is 2. The Bertz CT molecular complexity index is 707. The average Bonchev–Trinajstić information content (AvgIpc) is 3.32. The number of fused-ring (bicyclic) bond motifs is 1. The zero-order chi connectivity index (χ0) is 17.2. The maximum absolute atomic E-state index is 12.7. The zero-order valence-corrected chi connectivity index (χ0v) is 14.1. The highest BCUT2D eigenvalue weighted by Gasteiger charge is 2.27. The van der Waals surface area contributed by atoms with Gasteiger partial charge in [-0.15, -0.1) is 0 Å². The lowest BCUT2D eigenvalue weighted by molar-refractivity contribution is -0.133. The van der Waals surface area contributed by atoms with Crippen LogP contribution in [0.15, 0.2) is 30.4 Å². The molecule has 2 amide bonds. The predicted octanol–water partition coefficient (Wildman–Crippen LogP) is 2.06. The molecule has 1 atom stereocenters. The lowest BCUT2D eigenvalue weighted by Gasteiger charge is -2.35.